The van der Waals surface area contributed by atoms with Gasteiger partial charge in [-0.25, -0.2) is 4.79 Å². The number of aliphatic carboxylic acids is 1. The molecule has 2 unspecified atom stereocenters. The molecule has 3 N–H and O–H groups in total. The molecule has 0 spiro atoms. The number of amides is 2. The molecule has 1 aromatic rings. The van der Waals surface area contributed by atoms with Gasteiger partial charge < -0.3 is 15.7 Å². The number of pyridine rings is 1. The van der Waals surface area contributed by atoms with Crippen LogP contribution in [0.3, 0.4) is 0 Å². The predicted octanol–water partition coefficient (Wildman–Crippen LogP) is 1.76. The lowest BCUT2D eigenvalue weighted by Gasteiger charge is -2.13. The molecule has 1 saturated carbocycles. The Morgan fingerprint density at radius 2 is 2.16 bits per heavy atom. The number of nitrogens with one attached hydrogen (secondary N) is 2. The second-order valence-electron chi connectivity index (χ2n) is 4.83. The Labute approximate surface area is 111 Å². The monoisotopic (exact) mass is 263 g/mol. The molecule has 1 heterocycles. The molecule has 0 bridgehead atoms. The lowest BCUT2D eigenvalue weighted by Crippen LogP contribution is -2.36. The van der Waals surface area contributed by atoms with E-state index in [-0.39, 0.29) is 18.0 Å². The van der Waals surface area contributed by atoms with Crippen molar-refractivity contribution < 1.29 is 14.7 Å². The van der Waals surface area contributed by atoms with Gasteiger partial charge in [-0.2, -0.15) is 0 Å². The van der Waals surface area contributed by atoms with Crippen molar-refractivity contribution in [2.24, 2.45) is 5.92 Å². The molecule has 0 radical (unpaired) electrons. The van der Waals surface area contributed by atoms with Crippen LogP contribution in [0.4, 0.5) is 10.5 Å². The van der Waals surface area contributed by atoms with Crippen LogP contribution in [0.15, 0.2) is 18.3 Å². The SMILES string of the molecule is Cc1ccc(NC(=O)NC2CCC(C(=O)O)C2)cn1. The number of rotatable bonds is 3. The average molecular weight is 263 g/mol. The summed E-state index contributed by atoms with van der Waals surface area (Å²) >= 11 is 0. The van der Waals surface area contributed by atoms with Gasteiger partial charge in [-0.3, -0.25) is 9.78 Å². The number of carbonyl (C=O) groups excluding carboxylic acids is 1. The summed E-state index contributed by atoms with van der Waals surface area (Å²) in [6.07, 6.45) is 3.40. The van der Waals surface area contributed by atoms with Crippen molar-refractivity contribution in [3.63, 3.8) is 0 Å². The van der Waals surface area contributed by atoms with E-state index in [2.05, 4.69) is 15.6 Å². The number of aromatic nitrogens is 1. The van der Waals surface area contributed by atoms with Crippen LogP contribution < -0.4 is 10.6 Å². The number of carbonyl (C=O) groups is 2. The topological polar surface area (TPSA) is 91.3 Å². The summed E-state index contributed by atoms with van der Waals surface area (Å²) in [7, 11) is 0. The molecule has 1 aliphatic rings. The zero-order chi connectivity index (χ0) is 13.8. The number of carboxylic acid groups (broad SMARTS) is 1. The maximum absolute atomic E-state index is 11.7. The van der Waals surface area contributed by atoms with Gasteiger partial charge in [-0.15, -0.1) is 0 Å². The molecule has 2 atom stereocenters. The zero-order valence-corrected chi connectivity index (χ0v) is 10.7. The molecular weight excluding hydrogens is 246 g/mol. The minimum absolute atomic E-state index is 0.0699. The van der Waals surface area contributed by atoms with Crippen LogP contribution in [0.2, 0.25) is 0 Å². The summed E-state index contributed by atoms with van der Waals surface area (Å²) in [6.45, 7) is 1.87. The molecule has 0 saturated heterocycles. The van der Waals surface area contributed by atoms with E-state index in [0.29, 0.717) is 24.9 Å². The number of aryl methyl sites for hydroxylation is 1. The predicted molar refractivity (Wildman–Crippen MR) is 69.9 cm³/mol. The van der Waals surface area contributed by atoms with Crippen molar-refractivity contribution in [1.82, 2.24) is 10.3 Å². The molecule has 6 nitrogen and oxygen atoms in total. The molecular formula is C13H17N3O3. The molecule has 2 amide bonds. The summed E-state index contributed by atoms with van der Waals surface area (Å²) in [4.78, 5) is 26.6. The standard InChI is InChI=1S/C13H17N3O3/c1-8-2-4-11(7-14-8)16-13(19)15-10-5-3-9(6-10)12(17)18/h2,4,7,9-10H,3,5-6H2,1H3,(H,17,18)(H2,15,16,19). The first kappa shape index (κ1) is 13.3. The highest BCUT2D eigenvalue weighted by molar-refractivity contribution is 5.89. The van der Waals surface area contributed by atoms with Crippen molar-refractivity contribution >= 4 is 17.7 Å². The Morgan fingerprint density at radius 1 is 1.37 bits per heavy atom. The first-order chi connectivity index (χ1) is 9.04. The van der Waals surface area contributed by atoms with Crippen LogP contribution in [0.25, 0.3) is 0 Å². The van der Waals surface area contributed by atoms with Gasteiger partial charge in [0, 0.05) is 11.7 Å². The summed E-state index contributed by atoms with van der Waals surface area (Å²) in [5.41, 5.74) is 1.50. The largest absolute Gasteiger partial charge is 0.481 e. The van der Waals surface area contributed by atoms with Crippen molar-refractivity contribution in [3.8, 4) is 0 Å². The first-order valence-corrected chi connectivity index (χ1v) is 6.27. The fourth-order valence-corrected chi connectivity index (χ4v) is 2.23. The molecule has 2 rings (SSSR count). The van der Waals surface area contributed by atoms with Crippen LogP contribution in [0, 0.1) is 12.8 Å². The second kappa shape index (κ2) is 5.69. The van der Waals surface area contributed by atoms with E-state index >= 15 is 0 Å². The quantitative estimate of drug-likeness (QED) is 0.775. The highest BCUT2D eigenvalue weighted by Crippen LogP contribution is 2.25. The van der Waals surface area contributed by atoms with Crippen LogP contribution in [-0.2, 0) is 4.79 Å². The number of nitrogens with zero attached hydrogens (tertiary/aromatic N) is 1. The van der Waals surface area contributed by atoms with Crippen molar-refractivity contribution in [2.75, 3.05) is 5.32 Å². The third-order valence-corrected chi connectivity index (χ3v) is 3.29. The van der Waals surface area contributed by atoms with E-state index in [1.165, 1.54) is 0 Å². The van der Waals surface area contributed by atoms with Crippen molar-refractivity contribution in [1.29, 1.82) is 0 Å². The number of hydrogen-bond donors (Lipinski definition) is 3. The highest BCUT2D eigenvalue weighted by Gasteiger charge is 2.30. The lowest BCUT2D eigenvalue weighted by molar-refractivity contribution is -0.141. The van der Waals surface area contributed by atoms with Crippen LogP contribution in [0.5, 0.6) is 0 Å². The Balaban J connectivity index is 1.82. The molecule has 102 valence electrons. The van der Waals surface area contributed by atoms with E-state index in [0.717, 1.165) is 5.69 Å². The summed E-state index contributed by atoms with van der Waals surface area (Å²) in [6, 6.07) is 3.20. The number of anilines is 1. The molecule has 19 heavy (non-hydrogen) atoms. The van der Waals surface area contributed by atoms with Gasteiger partial charge in [0.2, 0.25) is 0 Å². The minimum Gasteiger partial charge on any atom is -0.481 e. The Hall–Kier alpha value is -2.11. The Bertz CT molecular complexity index is 473. The number of hydrogen-bond acceptors (Lipinski definition) is 3. The molecule has 6 heteroatoms. The molecule has 1 aromatic heterocycles. The van der Waals surface area contributed by atoms with Gasteiger partial charge in [0.25, 0.3) is 0 Å². The summed E-state index contributed by atoms with van der Waals surface area (Å²) in [5.74, 6) is -1.13. The molecule has 1 fully saturated rings. The van der Waals surface area contributed by atoms with Crippen molar-refractivity contribution in [3.05, 3.63) is 24.0 Å². The van der Waals surface area contributed by atoms with E-state index in [1.807, 2.05) is 13.0 Å². The van der Waals surface area contributed by atoms with Gasteiger partial charge in [0.15, 0.2) is 0 Å². The molecule has 1 aliphatic carbocycles. The van der Waals surface area contributed by atoms with E-state index < -0.39 is 5.97 Å². The maximum atomic E-state index is 11.7. The molecule has 0 aromatic carbocycles. The summed E-state index contributed by atoms with van der Waals surface area (Å²) < 4.78 is 0. The second-order valence-corrected chi connectivity index (χ2v) is 4.83. The molecule has 0 aliphatic heterocycles. The third-order valence-electron chi connectivity index (χ3n) is 3.29. The van der Waals surface area contributed by atoms with Gasteiger partial charge in [0.05, 0.1) is 17.8 Å². The number of carboxylic acids is 1. The number of urea groups is 1. The van der Waals surface area contributed by atoms with Crippen molar-refractivity contribution in [2.45, 2.75) is 32.2 Å². The van der Waals surface area contributed by atoms with Crippen LogP contribution in [0.1, 0.15) is 25.0 Å². The summed E-state index contributed by atoms with van der Waals surface area (Å²) in [5, 5.41) is 14.4. The van der Waals surface area contributed by atoms with Crippen LogP contribution in [-0.4, -0.2) is 28.1 Å². The zero-order valence-electron chi connectivity index (χ0n) is 10.7. The van der Waals surface area contributed by atoms with Gasteiger partial charge in [0.1, 0.15) is 0 Å². The van der Waals surface area contributed by atoms with Gasteiger partial charge in [-0.1, -0.05) is 0 Å². The normalized spacial score (nSPS) is 21.9. The van der Waals surface area contributed by atoms with Gasteiger partial charge in [-0.05, 0) is 38.3 Å². The van der Waals surface area contributed by atoms with E-state index in [4.69, 9.17) is 5.11 Å². The Kier molecular flexibility index (Phi) is 3.99. The van der Waals surface area contributed by atoms with E-state index in [1.54, 1.807) is 12.3 Å². The third kappa shape index (κ3) is 3.67. The van der Waals surface area contributed by atoms with Gasteiger partial charge >= 0.3 is 12.0 Å². The Morgan fingerprint density at radius 3 is 2.74 bits per heavy atom. The fourth-order valence-electron chi connectivity index (χ4n) is 2.23. The smallest absolute Gasteiger partial charge is 0.319 e. The minimum atomic E-state index is -0.785. The first-order valence-electron chi connectivity index (χ1n) is 6.27. The fraction of sp³-hybridized carbons (Fsp3) is 0.462. The maximum Gasteiger partial charge on any atom is 0.319 e. The van der Waals surface area contributed by atoms with Crippen LogP contribution >= 0.6 is 0 Å². The highest BCUT2D eigenvalue weighted by atomic mass is 16.4. The lowest BCUT2D eigenvalue weighted by atomic mass is 10.1. The van der Waals surface area contributed by atoms with E-state index in [9.17, 15) is 9.59 Å². The average Bonchev–Trinajstić information content (AvgIpc) is 2.80.